The summed E-state index contributed by atoms with van der Waals surface area (Å²) in [6, 6.07) is -0.615. The number of unbranched alkanes of at least 4 members (excludes halogenated alkanes) is 30. The molecule has 0 spiro atoms. The number of carboxylic acids is 1. The number of hydrogen-bond acceptors (Lipinski definition) is 6. The van der Waals surface area contributed by atoms with Gasteiger partial charge in [-0.25, -0.2) is 4.79 Å². The van der Waals surface area contributed by atoms with Gasteiger partial charge in [0.15, 0.2) is 12.1 Å². The zero-order chi connectivity index (χ0) is 49.9. The molecule has 0 saturated heterocycles. The van der Waals surface area contributed by atoms with Crippen LogP contribution in [0, 0.1) is 0 Å². The highest BCUT2D eigenvalue weighted by Crippen LogP contribution is 2.17. The first-order chi connectivity index (χ1) is 33.1. The summed E-state index contributed by atoms with van der Waals surface area (Å²) >= 11 is 0. The topological polar surface area (TPSA) is 99.1 Å². The number of ether oxygens (including phenoxy) is 3. The summed E-state index contributed by atoms with van der Waals surface area (Å²) in [5, 5.41) is 9.68. The van der Waals surface area contributed by atoms with Crippen LogP contribution in [-0.2, 0) is 28.6 Å². The molecule has 0 aromatic heterocycles. The monoisotopic (exact) mass is 957 g/mol. The molecule has 8 nitrogen and oxygen atoms in total. The van der Waals surface area contributed by atoms with Crippen molar-refractivity contribution in [3.8, 4) is 0 Å². The van der Waals surface area contributed by atoms with Gasteiger partial charge in [0.2, 0.25) is 0 Å². The zero-order valence-electron chi connectivity index (χ0n) is 45.3. The van der Waals surface area contributed by atoms with E-state index in [9.17, 15) is 19.5 Å². The smallest absolute Gasteiger partial charge is 0.362 e. The SMILES string of the molecule is CC/C=C/C/C=C/C/C=C/C/C=C/CCCCCCCCCCCCC(=O)OCC(COCCC(C(=O)O)[N+](C)(C)C)OC(=O)CCCCCCCCCCCCCCCCCCCCCCC. The highest BCUT2D eigenvalue weighted by Gasteiger charge is 2.31. The summed E-state index contributed by atoms with van der Waals surface area (Å²) in [7, 11) is 5.55. The molecule has 0 rings (SSSR count). The normalized spacial score (nSPS) is 13.1. The molecule has 0 fully saturated rings. The molecule has 68 heavy (non-hydrogen) atoms. The molecule has 0 bridgehead atoms. The molecular formula is C60H110NO7+. The van der Waals surface area contributed by atoms with Gasteiger partial charge in [-0.1, -0.05) is 242 Å². The Bertz CT molecular complexity index is 1250. The molecule has 2 atom stereocenters. The van der Waals surface area contributed by atoms with Crippen LogP contribution in [0.15, 0.2) is 48.6 Å². The van der Waals surface area contributed by atoms with E-state index in [4.69, 9.17) is 14.2 Å². The van der Waals surface area contributed by atoms with E-state index in [2.05, 4.69) is 62.5 Å². The fourth-order valence-electron chi connectivity index (χ4n) is 8.62. The van der Waals surface area contributed by atoms with Crippen LogP contribution >= 0.6 is 0 Å². The number of esters is 2. The Morgan fingerprint density at radius 3 is 1.22 bits per heavy atom. The van der Waals surface area contributed by atoms with E-state index < -0.39 is 18.1 Å². The molecule has 0 aliphatic rings. The number of carbonyl (C=O) groups excluding carboxylic acids is 2. The lowest BCUT2D eigenvalue weighted by Crippen LogP contribution is -2.50. The lowest BCUT2D eigenvalue weighted by Gasteiger charge is -2.31. The lowest BCUT2D eigenvalue weighted by molar-refractivity contribution is -0.887. The van der Waals surface area contributed by atoms with Gasteiger partial charge >= 0.3 is 17.9 Å². The number of nitrogens with zero attached hydrogens (tertiary/aromatic N) is 1. The fourth-order valence-corrected chi connectivity index (χ4v) is 8.62. The van der Waals surface area contributed by atoms with Gasteiger partial charge in [-0.05, 0) is 51.4 Å². The van der Waals surface area contributed by atoms with Crippen LogP contribution in [0.5, 0.6) is 0 Å². The van der Waals surface area contributed by atoms with Crippen molar-refractivity contribution in [3.63, 3.8) is 0 Å². The van der Waals surface area contributed by atoms with E-state index >= 15 is 0 Å². The third kappa shape index (κ3) is 48.3. The van der Waals surface area contributed by atoms with Crippen molar-refractivity contribution in [2.24, 2.45) is 0 Å². The molecular weight excluding hydrogens is 847 g/mol. The average molecular weight is 958 g/mol. The maximum Gasteiger partial charge on any atom is 0.362 e. The summed E-state index contributed by atoms with van der Waals surface area (Å²) in [6.07, 6.45) is 63.1. The van der Waals surface area contributed by atoms with Crippen LogP contribution in [0.4, 0.5) is 0 Å². The van der Waals surface area contributed by atoms with E-state index in [0.717, 1.165) is 64.2 Å². The van der Waals surface area contributed by atoms with E-state index in [1.54, 1.807) is 0 Å². The first-order valence-corrected chi connectivity index (χ1v) is 28.7. The number of allylic oxidation sites excluding steroid dienone is 8. The molecule has 0 aliphatic heterocycles. The molecule has 2 unspecified atom stereocenters. The summed E-state index contributed by atoms with van der Waals surface area (Å²) in [6.45, 7) is 4.67. The van der Waals surface area contributed by atoms with Gasteiger partial charge in [-0.15, -0.1) is 0 Å². The van der Waals surface area contributed by atoms with Gasteiger partial charge in [-0.3, -0.25) is 9.59 Å². The highest BCUT2D eigenvalue weighted by molar-refractivity contribution is 5.72. The molecule has 8 heteroatoms. The Kier molecular flexibility index (Phi) is 48.7. The van der Waals surface area contributed by atoms with Crippen molar-refractivity contribution in [3.05, 3.63) is 48.6 Å². The van der Waals surface area contributed by atoms with E-state index in [0.29, 0.717) is 19.3 Å². The first-order valence-electron chi connectivity index (χ1n) is 28.7. The zero-order valence-corrected chi connectivity index (χ0v) is 45.3. The highest BCUT2D eigenvalue weighted by atomic mass is 16.6. The minimum atomic E-state index is -0.872. The second kappa shape index (κ2) is 50.7. The predicted octanol–water partition coefficient (Wildman–Crippen LogP) is 17.1. The quantitative estimate of drug-likeness (QED) is 0.0281. The van der Waals surface area contributed by atoms with Crippen molar-refractivity contribution >= 4 is 17.9 Å². The first kappa shape index (κ1) is 65.3. The molecule has 0 aromatic rings. The van der Waals surface area contributed by atoms with Gasteiger partial charge in [0.05, 0.1) is 34.4 Å². The number of rotatable bonds is 52. The third-order valence-electron chi connectivity index (χ3n) is 13.0. The second-order valence-electron chi connectivity index (χ2n) is 20.5. The van der Waals surface area contributed by atoms with Crippen LogP contribution in [0.2, 0.25) is 0 Å². The van der Waals surface area contributed by atoms with Gasteiger partial charge in [0.25, 0.3) is 0 Å². The average Bonchev–Trinajstić information content (AvgIpc) is 3.30. The number of carbonyl (C=O) groups is 3. The number of hydrogen-bond donors (Lipinski definition) is 1. The Hall–Kier alpha value is -2.71. The molecule has 396 valence electrons. The van der Waals surface area contributed by atoms with Crippen molar-refractivity contribution in [2.45, 2.75) is 276 Å². The fraction of sp³-hybridized carbons (Fsp3) is 0.817. The van der Waals surface area contributed by atoms with Crippen LogP contribution in [0.3, 0.4) is 0 Å². The maximum absolute atomic E-state index is 12.8. The van der Waals surface area contributed by atoms with E-state index in [1.165, 1.54) is 167 Å². The molecule has 1 N–H and O–H groups in total. The minimum absolute atomic E-state index is 0.0506. The maximum atomic E-state index is 12.8. The van der Waals surface area contributed by atoms with Crippen LogP contribution in [0.1, 0.15) is 264 Å². The van der Waals surface area contributed by atoms with E-state index in [1.807, 2.05) is 21.1 Å². The summed E-state index contributed by atoms with van der Waals surface area (Å²) in [4.78, 5) is 37.3. The second-order valence-corrected chi connectivity index (χ2v) is 20.5. The lowest BCUT2D eigenvalue weighted by atomic mass is 10.0. The van der Waals surface area contributed by atoms with Gasteiger partial charge < -0.3 is 23.8 Å². The molecule has 0 amide bonds. The largest absolute Gasteiger partial charge is 0.477 e. The Labute approximate surface area is 420 Å². The standard InChI is InChI=1S/C60H109NO7/c1-6-8-10-12-14-16-18-20-22-24-26-28-29-31-32-34-36-38-40-42-44-46-48-50-58(62)67-55-56(54-66-53-52-57(60(64)65)61(3,4)5)68-59(63)51-49-47-45-43-41-39-37-35-33-30-27-25-23-21-19-17-15-13-11-9-7-2/h8,10,14,16,20,22,26,28,56-57H,6-7,9,11-13,15,17-19,21,23-25,27,29-55H2,1-5H3/p+1/b10-8+,16-14+,22-20+,28-26+. The van der Waals surface area contributed by atoms with Crippen LogP contribution in [0.25, 0.3) is 0 Å². The van der Waals surface area contributed by atoms with Crippen molar-refractivity contribution < 1.29 is 38.2 Å². The van der Waals surface area contributed by atoms with Crippen molar-refractivity contribution in [1.29, 1.82) is 0 Å². The van der Waals surface area contributed by atoms with E-state index in [-0.39, 0.29) is 36.2 Å². The molecule has 0 saturated carbocycles. The van der Waals surface area contributed by atoms with Crippen LogP contribution < -0.4 is 0 Å². The van der Waals surface area contributed by atoms with Crippen molar-refractivity contribution in [1.82, 2.24) is 0 Å². The molecule has 0 radical (unpaired) electrons. The van der Waals surface area contributed by atoms with Gasteiger partial charge in [-0.2, -0.15) is 0 Å². The van der Waals surface area contributed by atoms with Crippen molar-refractivity contribution in [2.75, 3.05) is 41.0 Å². The summed E-state index contributed by atoms with van der Waals surface area (Å²) in [5.74, 6) is -1.46. The predicted molar refractivity (Wildman–Crippen MR) is 289 cm³/mol. The molecule has 0 heterocycles. The Morgan fingerprint density at radius 2 is 0.824 bits per heavy atom. The number of aliphatic carboxylic acids is 1. The van der Waals surface area contributed by atoms with Gasteiger partial charge in [0, 0.05) is 19.3 Å². The number of carboxylic acid groups (broad SMARTS) is 1. The molecule has 0 aromatic carbocycles. The number of quaternary nitrogens is 1. The summed E-state index contributed by atoms with van der Waals surface area (Å²) < 4.78 is 17.4. The number of likely N-dealkylation sites (N-methyl/N-ethyl adjacent to an activating group) is 1. The Balaban J connectivity index is 4.15. The summed E-state index contributed by atoms with van der Waals surface area (Å²) in [5.41, 5.74) is 0. The van der Waals surface area contributed by atoms with Crippen LogP contribution in [-0.4, -0.2) is 80.6 Å². The van der Waals surface area contributed by atoms with Gasteiger partial charge in [0.1, 0.15) is 6.61 Å². The third-order valence-corrected chi connectivity index (χ3v) is 13.0. The minimum Gasteiger partial charge on any atom is -0.477 e. The molecule has 0 aliphatic carbocycles. The Morgan fingerprint density at radius 1 is 0.456 bits per heavy atom.